The average Bonchev–Trinajstić information content (AvgIpc) is 3.23. The van der Waals surface area contributed by atoms with Gasteiger partial charge in [0.2, 0.25) is 0 Å². The number of benzene rings is 5. The van der Waals surface area contributed by atoms with Crippen molar-refractivity contribution in [1.29, 1.82) is 10.5 Å². The Bertz CT molecular complexity index is 1940. The van der Waals surface area contributed by atoms with Gasteiger partial charge >= 0.3 is 0 Å². The van der Waals surface area contributed by atoms with Gasteiger partial charge in [0.1, 0.15) is 23.0 Å². The van der Waals surface area contributed by atoms with Gasteiger partial charge in [-0.05, 0) is 122 Å². The fourth-order valence-corrected chi connectivity index (χ4v) is 5.85. The van der Waals surface area contributed by atoms with Crippen molar-refractivity contribution in [3.8, 4) is 82.1 Å². The highest BCUT2D eigenvalue weighted by atomic mass is 16.5. The van der Waals surface area contributed by atoms with Crippen LogP contribution in [-0.2, 0) is 0 Å². The molecule has 54 heavy (non-hydrogen) atoms. The lowest BCUT2D eigenvalue weighted by atomic mass is 10.0. The second-order valence-electron chi connectivity index (χ2n) is 12.8. The summed E-state index contributed by atoms with van der Waals surface area (Å²) in [5.41, 5.74) is 6.87. The maximum Gasteiger partial charge on any atom is 0.136 e. The Morgan fingerprint density at radius 2 is 0.685 bits per heavy atom. The second kappa shape index (κ2) is 21.1. The molecule has 0 atom stereocenters. The molecule has 0 bridgehead atoms. The first-order valence-corrected chi connectivity index (χ1v) is 18.4. The van der Waals surface area contributed by atoms with E-state index in [0.717, 1.165) is 85.1 Å². The molecule has 0 N–H and O–H groups in total. The van der Waals surface area contributed by atoms with Crippen LogP contribution in [0.1, 0.15) is 73.6 Å². The SMILES string of the molecule is C#Cc1cc(OCCCCCCOc2ccc(-c3ccc(C#N)cc3)cc2)c(C#C)cc1OCCCCCCOc1ccc(-c2ccc(C#N)cc2)cc1. The number of unbranched alkanes of at least 4 members (excludes halogenated alkanes) is 6. The quantitative estimate of drug-likeness (QED) is 0.0590. The van der Waals surface area contributed by atoms with Crippen molar-refractivity contribution in [2.45, 2.75) is 51.4 Å². The Morgan fingerprint density at radius 3 is 0.981 bits per heavy atom. The lowest BCUT2D eigenvalue weighted by Crippen LogP contribution is -2.04. The smallest absolute Gasteiger partial charge is 0.136 e. The third-order valence-electron chi connectivity index (χ3n) is 8.93. The number of nitrogens with zero attached hydrogens (tertiary/aromatic N) is 2. The van der Waals surface area contributed by atoms with Gasteiger partial charge in [-0.2, -0.15) is 10.5 Å². The van der Waals surface area contributed by atoms with Crippen molar-refractivity contribution < 1.29 is 18.9 Å². The van der Waals surface area contributed by atoms with Gasteiger partial charge in [0.15, 0.2) is 0 Å². The minimum atomic E-state index is 0.546. The number of hydrogen-bond acceptors (Lipinski definition) is 6. The van der Waals surface area contributed by atoms with Gasteiger partial charge in [-0.15, -0.1) is 12.8 Å². The van der Waals surface area contributed by atoms with Crippen molar-refractivity contribution in [3.63, 3.8) is 0 Å². The fourth-order valence-electron chi connectivity index (χ4n) is 5.85. The molecular weight excluding hydrogens is 669 g/mol. The van der Waals surface area contributed by atoms with E-state index in [1.165, 1.54) is 0 Å². The molecule has 0 aliphatic carbocycles. The molecule has 5 rings (SSSR count). The van der Waals surface area contributed by atoms with Gasteiger partial charge in [0, 0.05) is 12.1 Å². The third kappa shape index (κ3) is 11.7. The van der Waals surface area contributed by atoms with Gasteiger partial charge in [0.25, 0.3) is 0 Å². The van der Waals surface area contributed by atoms with Crippen LogP contribution in [0.5, 0.6) is 23.0 Å². The second-order valence-corrected chi connectivity index (χ2v) is 12.8. The molecule has 0 amide bonds. The molecule has 270 valence electrons. The standard InChI is InChI=1S/C48H44N2O4/c1-3-39-33-48(54-32-12-8-6-10-30-52-46-27-23-44(24-28-46)42-19-15-38(36-50)16-20-42)40(4-2)34-47(39)53-31-11-7-5-9-29-51-45-25-21-43(22-26-45)41-17-13-37(35-49)14-18-41/h1-2,13-28,33-34H,5-12,29-32H2. The van der Waals surface area contributed by atoms with E-state index in [1.54, 1.807) is 12.1 Å². The summed E-state index contributed by atoms with van der Waals surface area (Å²) in [6.07, 6.45) is 19.4. The summed E-state index contributed by atoms with van der Waals surface area (Å²) in [7, 11) is 0. The molecule has 0 aromatic heterocycles. The normalized spacial score (nSPS) is 10.3. The van der Waals surface area contributed by atoms with Crippen LogP contribution >= 0.6 is 0 Å². The highest BCUT2D eigenvalue weighted by Crippen LogP contribution is 2.29. The molecular formula is C48H44N2O4. The zero-order chi connectivity index (χ0) is 37.8. The molecule has 0 saturated carbocycles. The van der Waals surface area contributed by atoms with Crippen molar-refractivity contribution in [2.24, 2.45) is 0 Å². The predicted octanol–water partition coefficient (Wildman–Crippen LogP) is 10.8. The van der Waals surface area contributed by atoms with Gasteiger partial charge in [-0.25, -0.2) is 0 Å². The van der Waals surface area contributed by atoms with Crippen LogP contribution in [0.4, 0.5) is 0 Å². The molecule has 6 nitrogen and oxygen atoms in total. The Labute approximate surface area is 319 Å². The van der Waals surface area contributed by atoms with E-state index >= 15 is 0 Å². The summed E-state index contributed by atoms with van der Waals surface area (Å²) in [4.78, 5) is 0. The summed E-state index contributed by atoms with van der Waals surface area (Å²) < 4.78 is 24.0. The number of hydrogen-bond donors (Lipinski definition) is 0. The van der Waals surface area contributed by atoms with E-state index in [-0.39, 0.29) is 0 Å². The van der Waals surface area contributed by atoms with Crippen LogP contribution in [0.25, 0.3) is 22.3 Å². The lowest BCUT2D eigenvalue weighted by Gasteiger charge is -2.14. The van der Waals surface area contributed by atoms with Crippen molar-refractivity contribution >= 4 is 0 Å². The molecule has 5 aromatic carbocycles. The molecule has 0 aliphatic rings. The van der Waals surface area contributed by atoms with E-state index < -0.39 is 0 Å². The first kappa shape index (κ1) is 38.6. The lowest BCUT2D eigenvalue weighted by molar-refractivity contribution is 0.283. The van der Waals surface area contributed by atoms with E-state index in [1.807, 2.05) is 97.1 Å². The van der Waals surface area contributed by atoms with Gasteiger partial charge in [-0.1, -0.05) is 60.4 Å². The first-order valence-electron chi connectivity index (χ1n) is 18.4. The number of ether oxygens (including phenoxy) is 4. The molecule has 0 saturated heterocycles. The fraction of sp³-hybridized carbons (Fsp3) is 0.250. The maximum absolute atomic E-state index is 8.99. The van der Waals surface area contributed by atoms with E-state index in [2.05, 4.69) is 24.0 Å². The molecule has 0 heterocycles. The summed E-state index contributed by atoms with van der Waals surface area (Å²) in [6, 6.07) is 39.1. The summed E-state index contributed by atoms with van der Waals surface area (Å²) >= 11 is 0. The zero-order valence-electron chi connectivity index (χ0n) is 30.6. The zero-order valence-corrected chi connectivity index (χ0v) is 30.6. The molecule has 0 fully saturated rings. The van der Waals surface area contributed by atoms with Crippen molar-refractivity contribution in [1.82, 2.24) is 0 Å². The molecule has 5 aromatic rings. The van der Waals surface area contributed by atoms with E-state index in [9.17, 15) is 0 Å². The van der Waals surface area contributed by atoms with Gasteiger partial charge < -0.3 is 18.9 Å². The Balaban J connectivity index is 0.925. The summed E-state index contributed by atoms with van der Waals surface area (Å²) in [5.74, 6) is 8.33. The minimum Gasteiger partial charge on any atom is -0.494 e. The van der Waals surface area contributed by atoms with Crippen molar-refractivity contribution in [2.75, 3.05) is 26.4 Å². The maximum atomic E-state index is 8.99. The van der Waals surface area contributed by atoms with Gasteiger partial charge in [-0.3, -0.25) is 0 Å². The monoisotopic (exact) mass is 712 g/mol. The van der Waals surface area contributed by atoms with Crippen molar-refractivity contribution in [3.05, 3.63) is 131 Å². The third-order valence-corrected chi connectivity index (χ3v) is 8.93. The molecule has 0 spiro atoms. The molecule has 0 aliphatic heterocycles. The molecule has 0 unspecified atom stereocenters. The number of terminal acetylenes is 2. The summed E-state index contributed by atoms with van der Waals surface area (Å²) in [5, 5.41) is 18.0. The Morgan fingerprint density at radius 1 is 0.389 bits per heavy atom. The average molecular weight is 713 g/mol. The number of nitriles is 2. The highest BCUT2D eigenvalue weighted by molar-refractivity contribution is 5.66. The largest absolute Gasteiger partial charge is 0.494 e. The van der Waals surface area contributed by atoms with Crippen LogP contribution < -0.4 is 18.9 Å². The minimum absolute atomic E-state index is 0.546. The van der Waals surface area contributed by atoms with Crippen LogP contribution in [0.15, 0.2) is 109 Å². The Kier molecular flexibility index (Phi) is 15.1. The van der Waals surface area contributed by atoms with Crippen LogP contribution in [0, 0.1) is 47.3 Å². The topological polar surface area (TPSA) is 84.5 Å². The van der Waals surface area contributed by atoms with Gasteiger partial charge in [0.05, 0.1) is 60.8 Å². The van der Waals surface area contributed by atoms with Crippen LogP contribution in [0.2, 0.25) is 0 Å². The Hall–Kier alpha value is -6.60. The molecule has 0 radical (unpaired) electrons. The summed E-state index contributed by atoms with van der Waals surface area (Å²) in [6.45, 7) is 2.39. The van der Waals surface area contributed by atoms with Crippen LogP contribution in [-0.4, -0.2) is 26.4 Å². The number of rotatable bonds is 20. The first-order chi connectivity index (χ1) is 26.6. The molecule has 6 heteroatoms. The van der Waals surface area contributed by atoms with Crippen LogP contribution in [0.3, 0.4) is 0 Å². The highest BCUT2D eigenvalue weighted by Gasteiger charge is 2.11. The van der Waals surface area contributed by atoms with E-state index in [4.69, 9.17) is 42.3 Å². The predicted molar refractivity (Wildman–Crippen MR) is 214 cm³/mol. The van der Waals surface area contributed by atoms with E-state index in [0.29, 0.717) is 60.2 Å².